The van der Waals surface area contributed by atoms with Crippen LogP contribution in [0.1, 0.15) is 50.8 Å². The van der Waals surface area contributed by atoms with Gasteiger partial charge in [-0.3, -0.25) is 4.90 Å². The highest BCUT2D eigenvalue weighted by atomic mass is 16.4. The number of aryl methyl sites for hydroxylation is 1. The molecule has 5 heteroatoms. The maximum absolute atomic E-state index is 9.61. The van der Waals surface area contributed by atoms with Gasteiger partial charge in [-0.05, 0) is 32.7 Å². The lowest BCUT2D eigenvalue weighted by molar-refractivity contribution is 0.102. The summed E-state index contributed by atoms with van der Waals surface area (Å²) in [6.45, 7) is 5.43. The van der Waals surface area contributed by atoms with Gasteiger partial charge in [0, 0.05) is 13.0 Å². The predicted molar refractivity (Wildman–Crippen MR) is 68.0 cm³/mol. The molecule has 2 atom stereocenters. The molecule has 0 radical (unpaired) electrons. The van der Waals surface area contributed by atoms with Crippen molar-refractivity contribution in [1.82, 2.24) is 15.1 Å². The molecule has 0 saturated carbocycles. The van der Waals surface area contributed by atoms with E-state index in [0.717, 1.165) is 19.4 Å². The Balaban J connectivity index is 2.00. The van der Waals surface area contributed by atoms with Crippen LogP contribution in [-0.4, -0.2) is 38.9 Å². The Morgan fingerprint density at radius 3 is 2.89 bits per heavy atom. The molecule has 2 rings (SSSR count). The summed E-state index contributed by atoms with van der Waals surface area (Å²) in [4.78, 5) is 2.38. The van der Waals surface area contributed by atoms with Crippen LogP contribution < -0.4 is 0 Å². The van der Waals surface area contributed by atoms with Crippen LogP contribution in [0.2, 0.25) is 0 Å². The summed E-state index contributed by atoms with van der Waals surface area (Å²) in [5, 5.41) is 17.5. The molecule has 2 unspecified atom stereocenters. The minimum absolute atomic E-state index is 0.250. The normalized spacial score (nSPS) is 23.8. The summed E-state index contributed by atoms with van der Waals surface area (Å²) in [6, 6.07) is 0.430. The minimum atomic E-state index is -0.250. The molecular weight excluding hydrogens is 230 g/mol. The van der Waals surface area contributed by atoms with Crippen molar-refractivity contribution in [2.45, 2.75) is 64.6 Å². The third kappa shape index (κ3) is 3.78. The fourth-order valence-electron chi connectivity index (χ4n) is 2.68. The molecule has 102 valence electrons. The second-order valence-corrected chi connectivity index (χ2v) is 5.27. The quantitative estimate of drug-likeness (QED) is 0.888. The van der Waals surface area contributed by atoms with Crippen LogP contribution >= 0.6 is 0 Å². The Morgan fingerprint density at radius 1 is 1.39 bits per heavy atom. The third-order valence-corrected chi connectivity index (χ3v) is 3.52. The van der Waals surface area contributed by atoms with Gasteiger partial charge in [-0.25, -0.2) is 0 Å². The van der Waals surface area contributed by atoms with Crippen LogP contribution in [0.4, 0.5) is 0 Å². The molecule has 1 aliphatic rings. The van der Waals surface area contributed by atoms with Gasteiger partial charge in [0.15, 0.2) is 0 Å². The number of aliphatic hydroxyl groups is 1. The molecule has 0 aromatic carbocycles. The summed E-state index contributed by atoms with van der Waals surface area (Å²) >= 11 is 0. The maximum Gasteiger partial charge on any atom is 0.230 e. The van der Waals surface area contributed by atoms with E-state index < -0.39 is 0 Å². The van der Waals surface area contributed by atoms with E-state index >= 15 is 0 Å². The van der Waals surface area contributed by atoms with Gasteiger partial charge in [0.05, 0.1) is 12.6 Å². The standard InChI is InChI=1S/C13H23N3O2/c1-10(17)8-12-6-4-3-5-7-16(12)9-13-15-14-11(2)18-13/h10,12,17H,3-9H2,1-2H3. The van der Waals surface area contributed by atoms with Crippen LogP contribution in [0.25, 0.3) is 0 Å². The molecule has 2 heterocycles. The van der Waals surface area contributed by atoms with Crippen LogP contribution in [0.3, 0.4) is 0 Å². The molecule has 5 nitrogen and oxygen atoms in total. The lowest BCUT2D eigenvalue weighted by atomic mass is 10.0. The van der Waals surface area contributed by atoms with Crippen molar-refractivity contribution >= 4 is 0 Å². The summed E-state index contributed by atoms with van der Waals surface area (Å²) in [6.07, 6.45) is 5.46. The number of aliphatic hydroxyl groups excluding tert-OH is 1. The summed E-state index contributed by atoms with van der Waals surface area (Å²) < 4.78 is 5.45. The van der Waals surface area contributed by atoms with Crippen molar-refractivity contribution in [3.05, 3.63) is 11.8 Å². The smallest absolute Gasteiger partial charge is 0.230 e. The molecule has 1 saturated heterocycles. The molecule has 1 N–H and O–H groups in total. The van der Waals surface area contributed by atoms with E-state index in [1.807, 2.05) is 13.8 Å². The Kier molecular flexibility index (Phi) is 4.72. The molecule has 0 amide bonds. The fraction of sp³-hybridized carbons (Fsp3) is 0.846. The number of aromatic nitrogens is 2. The Bertz CT molecular complexity index is 365. The summed E-state index contributed by atoms with van der Waals surface area (Å²) in [7, 11) is 0. The predicted octanol–water partition coefficient (Wildman–Crippen LogP) is 1.89. The van der Waals surface area contributed by atoms with Crippen molar-refractivity contribution in [3.8, 4) is 0 Å². The monoisotopic (exact) mass is 253 g/mol. The lowest BCUT2D eigenvalue weighted by Crippen LogP contribution is -2.36. The summed E-state index contributed by atoms with van der Waals surface area (Å²) in [5.41, 5.74) is 0. The van der Waals surface area contributed by atoms with E-state index in [0.29, 0.717) is 24.4 Å². The van der Waals surface area contributed by atoms with Crippen molar-refractivity contribution in [3.63, 3.8) is 0 Å². The van der Waals surface area contributed by atoms with Crippen molar-refractivity contribution in [2.24, 2.45) is 0 Å². The molecule has 0 aliphatic carbocycles. The van der Waals surface area contributed by atoms with Crippen LogP contribution in [0.15, 0.2) is 4.42 Å². The van der Waals surface area contributed by atoms with Gasteiger partial charge in [0.2, 0.25) is 11.8 Å². The maximum atomic E-state index is 9.61. The first kappa shape index (κ1) is 13.5. The van der Waals surface area contributed by atoms with E-state index in [1.54, 1.807) is 0 Å². The van der Waals surface area contributed by atoms with Crippen molar-refractivity contribution in [1.29, 1.82) is 0 Å². The number of rotatable bonds is 4. The molecule has 0 bridgehead atoms. The third-order valence-electron chi connectivity index (χ3n) is 3.52. The molecule has 1 aliphatic heterocycles. The molecule has 1 fully saturated rings. The molecular formula is C13H23N3O2. The van der Waals surface area contributed by atoms with Gasteiger partial charge in [0.25, 0.3) is 0 Å². The Hall–Kier alpha value is -0.940. The van der Waals surface area contributed by atoms with Crippen LogP contribution in [-0.2, 0) is 6.54 Å². The number of likely N-dealkylation sites (tertiary alicyclic amines) is 1. The largest absolute Gasteiger partial charge is 0.424 e. The van der Waals surface area contributed by atoms with Crippen molar-refractivity contribution < 1.29 is 9.52 Å². The minimum Gasteiger partial charge on any atom is -0.424 e. The number of nitrogens with zero attached hydrogens (tertiary/aromatic N) is 3. The highest BCUT2D eigenvalue weighted by molar-refractivity contribution is 4.84. The first-order valence-corrected chi connectivity index (χ1v) is 6.86. The second kappa shape index (κ2) is 6.29. The molecule has 1 aromatic rings. The van der Waals surface area contributed by atoms with Gasteiger partial charge in [0.1, 0.15) is 0 Å². The van der Waals surface area contributed by atoms with Crippen LogP contribution in [0.5, 0.6) is 0 Å². The number of hydrogen-bond acceptors (Lipinski definition) is 5. The van der Waals surface area contributed by atoms with Gasteiger partial charge < -0.3 is 9.52 Å². The molecule has 18 heavy (non-hydrogen) atoms. The Labute approximate surface area is 108 Å². The van der Waals surface area contributed by atoms with Crippen LogP contribution in [0, 0.1) is 6.92 Å². The average molecular weight is 253 g/mol. The summed E-state index contributed by atoms with van der Waals surface area (Å²) in [5.74, 6) is 1.30. The van der Waals surface area contributed by atoms with E-state index in [-0.39, 0.29) is 6.10 Å². The number of hydrogen-bond donors (Lipinski definition) is 1. The zero-order valence-corrected chi connectivity index (χ0v) is 11.3. The first-order chi connectivity index (χ1) is 8.65. The van der Waals surface area contributed by atoms with E-state index in [1.165, 1.54) is 19.3 Å². The van der Waals surface area contributed by atoms with Gasteiger partial charge in [-0.2, -0.15) is 0 Å². The Morgan fingerprint density at radius 2 is 2.22 bits per heavy atom. The highest BCUT2D eigenvalue weighted by Crippen LogP contribution is 2.22. The lowest BCUT2D eigenvalue weighted by Gasteiger charge is -2.29. The van der Waals surface area contributed by atoms with Gasteiger partial charge in [-0.15, -0.1) is 10.2 Å². The second-order valence-electron chi connectivity index (χ2n) is 5.27. The first-order valence-electron chi connectivity index (χ1n) is 6.86. The zero-order chi connectivity index (χ0) is 13.0. The van der Waals surface area contributed by atoms with Gasteiger partial charge in [-0.1, -0.05) is 12.8 Å². The highest BCUT2D eigenvalue weighted by Gasteiger charge is 2.23. The van der Waals surface area contributed by atoms with E-state index in [9.17, 15) is 5.11 Å². The zero-order valence-electron chi connectivity index (χ0n) is 11.3. The van der Waals surface area contributed by atoms with Gasteiger partial charge >= 0.3 is 0 Å². The SMILES string of the molecule is Cc1nnc(CN2CCCCCC2CC(C)O)o1. The topological polar surface area (TPSA) is 62.4 Å². The van der Waals surface area contributed by atoms with E-state index in [2.05, 4.69) is 15.1 Å². The van der Waals surface area contributed by atoms with E-state index in [4.69, 9.17) is 4.42 Å². The molecule has 1 aromatic heterocycles. The van der Waals surface area contributed by atoms with Crippen molar-refractivity contribution in [2.75, 3.05) is 6.54 Å². The fourth-order valence-corrected chi connectivity index (χ4v) is 2.68. The average Bonchev–Trinajstić information content (AvgIpc) is 2.58. The molecule has 0 spiro atoms.